The van der Waals surface area contributed by atoms with Crippen LogP contribution in [0.25, 0.3) is 0 Å². The molecule has 1 amide bonds. The summed E-state index contributed by atoms with van der Waals surface area (Å²) in [5.41, 5.74) is 2.12. The van der Waals surface area contributed by atoms with Crippen molar-refractivity contribution in [3.8, 4) is 0 Å². The van der Waals surface area contributed by atoms with Crippen molar-refractivity contribution >= 4 is 21.8 Å². The third-order valence-electron chi connectivity index (χ3n) is 4.41. The van der Waals surface area contributed by atoms with Gasteiger partial charge in [-0.15, -0.1) is 0 Å². The number of carbonyl (C=O) groups excluding carboxylic acids is 1. The van der Waals surface area contributed by atoms with E-state index in [9.17, 15) is 4.79 Å². The molecule has 1 saturated heterocycles. The summed E-state index contributed by atoms with van der Waals surface area (Å²) in [6.45, 7) is 4.56. The summed E-state index contributed by atoms with van der Waals surface area (Å²) in [7, 11) is 1.91. The van der Waals surface area contributed by atoms with Crippen molar-refractivity contribution in [3.63, 3.8) is 0 Å². The zero-order valence-electron chi connectivity index (χ0n) is 13.4. The van der Waals surface area contributed by atoms with Crippen LogP contribution in [0, 0.1) is 0 Å². The first kappa shape index (κ1) is 16.3. The number of halogens is 1. The maximum Gasteiger partial charge on any atom is 0.270 e. The molecule has 0 aliphatic carbocycles. The van der Waals surface area contributed by atoms with E-state index in [1.807, 2.05) is 28.8 Å². The number of hydrogen-bond donors (Lipinski definition) is 0. The van der Waals surface area contributed by atoms with Gasteiger partial charge in [-0.3, -0.25) is 9.69 Å². The largest absolute Gasteiger partial charge is 0.345 e. The Kier molecular flexibility index (Phi) is 5.18. The van der Waals surface area contributed by atoms with Crippen LogP contribution in [0.4, 0.5) is 0 Å². The molecule has 0 radical (unpaired) electrons. The van der Waals surface area contributed by atoms with Crippen LogP contribution in [0.5, 0.6) is 0 Å². The average Bonchev–Trinajstić information content (AvgIpc) is 2.92. The van der Waals surface area contributed by atoms with Crippen LogP contribution >= 0.6 is 15.9 Å². The fraction of sp³-hybridized carbons (Fsp3) is 0.389. The number of rotatable bonds is 4. The lowest BCUT2D eigenvalue weighted by molar-refractivity contribution is 0.0629. The highest BCUT2D eigenvalue weighted by molar-refractivity contribution is 9.10. The maximum absolute atomic E-state index is 12.6. The molecule has 2 aromatic rings. The van der Waals surface area contributed by atoms with Gasteiger partial charge in [0.25, 0.3) is 5.91 Å². The van der Waals surface area contributed by atoms with Crippen LogP contribution in [0.15, 0.2) is 47.1 Å². The summed E-state index contributed by atoms with van der Waals surface area (Å²) >= 11 is 3.43. The molecule has 4 nitrogen and oxygen atoms in total. The van der Waals surface area contributed by atoms with Crippen molar-refractivity contribution < 1.29 is 4.79 Å². The van der Waals surface area contributed by atoms with E-state index in [-0.39, 0.29) is 5.91 Å². The van der Waals surface area contributed by atoms with Crippen LogP contribution in [-0.4, -0.2) is 53.0 Å². The zero-order chi connectivity index (χ0) is 16.2. The summed E-state index contributed by atoms with van der Waals surface area (Å²) in [4.78, 5) is 17.0. The molecule has 0 N–H and O–H groups in total. The van der Waals surface area contributed by atoms with E-state index in [0.29, 0.717) is 0 Å². The molecule has 122 valence electrons. The standard InChI is InChI=1S/C18H22BrN3O/c1-20-14-16(19)13-17(20)18(23)22-11-9-21(10-12-22)8-7-15-5-3-2-4-6-15/h2-6,13-14H,7-12H2,1H3. The fourth-order valence-corrected chi connectivity index (χ4v) is 3.53. The Balaban J connectivity index is 1.50. The molecule has 5 heteroatoms. The molecule has 3 rings (SSSR count). The molecule has 1 aliphatic heterocycles. The van der Waals surface area contributed by atoms with Crippen molar-refractivity contribution in [3.05, 3.63) is 58.3 Å². The highest BCUT2D eigenvalue weighted by atomic mass is 79.9. The van der Waals surface area contributed by atoms with Gasteiger partial charge < -0.3 is 9.47 Å². The molecule has 1 aromatic carbocycles. The van der Waals surface area contributed by atoms with Gasteiger partial charge in [0.1, 0.15) is 5.69 Å². The molecular formula is C18H22BrN3O. The van der Waals surface area contributed by atoms with Crippen molar-refractivity contribution in [2.75, 3.05) is 32.7 Å². The predicted molar refractivity (Wildman–Crippen MR) is 95.6 cm³/mol. The fourth-order valence-electron chi connectivity index (χ4n) is 3.01. The molecule has 1 aliphatic rings. The zero-order valence-corrected chi connectivity index (χ0v) is 15.0. The lowest BCUT2D eigenvalue weighted by atomic mass is 10.1. The SMILES string of the molecule is Cn1cc(Br)cc1C(=O)N1CCN(CCc2ccccc2)CC1. The summed E-state index contributed by atoms with van der Waals surface area (Å²) in [5.74, 6) is 0.126. The summed E-state index contributed by atoms with van der Waals surface area (Å²) < 4.78 is 2.83. The van der Waals surface area contributed by atoms with E-state index in [2.05, 4.69) is 51.2 Å². The highest BCUT2D eigenvalue weighted by Gasteiger charge is 2.23. The van der Waals surface area contributed by atoms with Crippen molar-refractivity contribution in [1.82, 2.24) is 14.4 Å². The van der Waals surface area contributed by atoms with Gasteiger partial charge in [0, 0.05) is 50.4 Å². The minimum absolute atomic E-state index is 0.126. The normalized spacial score (nSPS) is 15.8. The molecule has 2 heterocycles. The molecule has 23 heavy (non-hydrogen) atoms. The van der Waals surface area contributed by atoms with Gasteiger partial charge >= 0.3 is 0 Å². The molecule has 0 bridgehead atoms. The third kappa shape index (κ3) is 4.03. The Morgan fingerprint density at radius 1 is 1.13 bits per heavy atom. The van der Waals surface area contributed by atoms with Gasteiger partial charge in [-0.1, -0.05) is 30.3 Å². The second-order valence-corrected chi connectivity index (χ2v) is 6.94. The monoisotopic (exact) mass is 375 g/mol. The molecular weight excluding hydrogens is 354 g/mol. The number of piperazine rings is 1. The second-order valence-electron chi connectivity index (χ2n) is 6.02. The number of carbonyl (C=O) groups is 1. The predicted octanol–water partition coefficient (Wildman–Crippen LogP) is 2.79. The van der Waals surface area contributed by atoms with E-state index >= 15 is 0 Å². The third-order valence-corrected chi connectivity index (χ3v) is 4.84. The first-order chi connectivity index (χ1) is 11.1. The van der Waals surface area contributed by atoms with Crippen molar-refractivity contribution in [1.29, 1.82) is 0 Å². The number of nitrogens with zero attached hydrogens (tertiary/aromatic N) is 3. The number of aromatic nitrogens is 1. The van der Waals surface area contributed by atoms with Crippen molar-refractivity contribution in [2.24, 2.45) is 7.05 Å². The Labute approximate surface area is 145 Å². The van der Waals surface area contributed by atoms with Crippen molar-refractivity contribution in [2.45, 2.75) is 6.42 Å². The molecule has 0 unspecified atom stereocenters. The molecule has 1 fully saturated rings. The van der Waals surface area contributed by atoms with Gasteiger partial charge in [0.2, 0.25) is 0 Å². The average molecular weight is 376 g/mol. The minimum atomic E-state index is 0.126. The summed E-state index contributed by atoms with van der Waals surface area (Å²) in [5, 5.41) is 0. The maximum atomic E-state index is 12.6. The van der Waals surface area contributed by atoms with E-state index < -0.39 is 0 Å². The summed E-state index contributed by atoms with van der Waals surface area (Å²) in [6, 6.07) is 12.5. The van der Waals surface area contributed by atoms with Gasteiger partial charge in [0.15, 0.2) is 0 Å². The van der Waals surface area contributed by atoms with Crippen LogP contribution < -0.4 is 0 Å². The van der Waals surface area contributed by atoms with Gasteiger partial charge in [0.05, 0.1) is 0 Å². The second kappa shape index (κ2) is 7.32. The Bertz CT molecular complexity index is 660. The molecule has 0 spiro atoms. The number of aryl methyl sites for hydroxylation is 1. The number of benzene rings is 1. The van der Waals surface area contributed by atoms with E-state index in [1.165, 1.54) is 5.56 Å². The van der Waals surface area contributed by atoms with E-state index in [4.69, 9.17) is 0 Å². The number of hydrogen-bond acceptors (Lipinski definition) is 2. The Morgan fingerprint density at radius 2 is 1.83 bits per heavy atom. The van der Waals surface area contributed by atoms with Gasteiger partial charge in [-0.2, -0.15) is 0 Å². The smallest absolute Gasteiger partial charge is 0.270 e. The molecule has 1 aromatic heterocycles. The quantitative estimate of drug-likeness (QED) is 0.821. The van der Waals surface area contributed by atoms with E-state index in [0.717, 1.165) is 49.3 Å². The topological polar surface area (TPSA) is 28.5 Å². The van der Waals surface area contributed by atoms with Crippen LogP contribution in [-0.2, 0) is 13.5 Å². The highest BCUT2D eigenvalue weighted by Crippen LogP contribution is 2.16. The van der Waals surface area contributed by atoms with Crippen LogP contribution in [0.2, 0.25) is 0 Å². The van der Waals surface area contributed by atoms with E-state index in [1.54, 1.807) is 0 Å². The van der Waals surface area contributed by atoms with Crippen LogP contribution in [0.1, 0.15) is 16.1 Å². The first-order valence-electron chi connectivity index (χ1n) is 8.01. The van der Waals surface area contributed by atoms with Gasteiger partial charge in [-0.05, 0) is 34.0 Å². The lowest BCUT2D eigenvalue weighted by Gasteiger charge is -2.34. The Hall–Kier alpha value is -1.59. The van der Waals surface area contributed by atoms with Gasteiger partial charge in [-0.25, -0.2) is 0 Å². The summed E-state index contributed by atoms with van der Waals surface area (Å²) in [6.07, 6.45) is 2.99. The van der Waals surface area contributed by atoms with Crippen LogP contribution in [0.3, 0.4) is 0 Å². The minimum Gasteiger partial charge on any atom is -0.345 e. The Morgan fingerprint density at radius 3 is 2.43 bits per heavy atom. The lowest BCUT2D eigenvalue weighted by Crippen LogP contribution is -2.49. The molecule has 0 saturated carbocycles. The first-order valence-corrected chi connectivity index (χ1v) is 8.80. The molecule has 0 atom stereocenters. The number of amides is 1.